The van der Waals surface area contributed by atoms with Crippen LogP contribution in [0.1, 0.15) is 16.6 Å². The second-order valence-electron chi connectivity index (χ2n) is 6.10. The first-order valence-electron chi connectivity index (χ1n) is 8.54. The molecule has 2 aromatic carbocycles. The van der Waals surface area contributed by atoms with Crippen LogP contribution in [-0.4, -0.2) is 38.0 Å². The number of aromatic nitrogens is 1. The minimum Gasteiger partial charge on any atom is -0.497 e. The Kier molecular flexibility index (Phi) is 6.09. The molecular weight excluding hydrogens is 412 g/mol. The Morgan fingerprint density at radius 1 is 1.07 bits per heavy atom. The molecule has 0 atom stereocenters. The van der Waals surface area contributed by atoms with Crippen molar-refractivity contribution in [3.05, 3.63) is 59.5 Å². The minimum absolute atomic E-state index is 0.0157. The number of hydrogen-bond acceptors (Lipinski definition) is 7. The van der Waals surface area contributed by atoms with Gasteiger partial charge in [0.25, 0.3) is 0 Å². The molecule has 0 fully saturated rings. The molecule has 0 bridgehead atoms. The summed E-state index contributed by atoms with van der Waals surface area (Å²) in [5, 5.41) is 2.66. The number of nitrogens with zero attached hydrogens (tertiary/aromatic N) is 1. The summed E-state index contributed by atoms with van der Waals surface area (Å²) in [6.07, 6.45) is 0. The van der Waals surface area contributed by atoms with E-state index < -0.39 is 21.5 Å². The average molecular weight is 431 g/mol. The highest BCUT2D eigenvalue weighted by atomic mass is 32.2. The number of methoxy groups -OCH3 is 1. The molecule has 9 heteroatoms. The second-order valence-corrected chi connectivity index (χ2v) is 9.09. The normalized spacial score (nSPS) is 11.1. The number of carbonyl (C=O) groups is 2. The van der Waals surface area contributed by atoms with Gasteiger partial charge in [-0.15, -0.1) is 0 Å². The third-order valence-corrected chi connectivity index (χ3v) is 6.68. The van der Waals surface area contributed by atoms with Gasteiger partial charge in [0.2, 0.25) is 5.91 Å². The molecule has 0 saturated heterocycles. The zero-order valence-corrected chi connectivity index (χ0v) is 17.3. The number of amides is 1. The monoisotopic (exact) mass is 430 g/mol. The number of ketones is 1. The fourth-order valence-corrected chi connectivity index (χ4v) is 4.63. The number of nitrogens with one attached hydrogen (secondary N) is 1. The van der Waals surface area contributed by atoms with Crippen molar-refractivity contribution in [1.29, 1.82) is 0 Å². The summed E-state index contributed by atoms with van der Waals surface area (Å²) >= 11 is 1.01. The molecule has 1 aromatic heterocycles. The van der Waals surface area contributed by atoms with Gasteiger partial charge in [0.05, 0.1) is 22.6 Å². The molecule has 150 valence electrons. The van der Waals surface area contributed by atoms with E-state index in [1.165, 1.54) is 38.3 Å². The van der Waals surface area contributed by atoms with Crippen LogP contribution < -0.4 is 10.1 Å². The number of anilines is 1. The molecule has 1 N–H and O–H groups in total. The van der Waals surface area contributed by atoms with Crippen LogP contribution in [0.25, 0.3) is 11.3 Å². The fourth-order valence-electron chi connectivity index (χ4n) is 2.60. The third-order valence-electron chi connectivity index (χ3n) is 3.98. The van der Waals surface area contributed by atoms with E-state index in [1.807, 2.05) is 18.2 Å². The Bertz CT molecular complexity index is 1140. The highest BCUT2D eigenvalue weighted by molar-refractivity contribution is 7.92. The van der Waals surface area contributed by atoms with Gasteiger partial charge in [-0.3, -0.25) is 9.59 Å². The van der Waals surface area contributed by atoms with Gasteiger partial charge in [-0.2, -0.15) is 0 Å². The predicted octanol–water partition coefficient (Wildman–Crippen LogP) is 3.43. The first-order chi connectivity index (χ1) is 13.8. The quantitative estimate of drug-likeness (QED) is 0.576. The van der Waals surface area contributed by atoms with Crippen LogP contribution in [0.2, 0.25) is 0 Å². The fraction of sp³-hybridized carbons (Fsp3) is 0.150. The van der Waals surface area contributed by atoms with Crippen molar-refractivity contribution in [3.8, 4) is 17.0 Å². The van der Waals surface area contributed by atoms with Crippen LogP contribution in [0.15, 0.2) is 59.5 Å². The highest BCUT2D eigenvalue weighted by Gasteiger charge is 2.22. The van der Waals surface area contributed by atoms with Crippen molar-refractivity contribution >= 4 is 38.0 Å². The van der Waals surface area contributed by atoms with Gasteiger partial charge in [0.15, 0.2) is 20.8 Å². The van der Waals surface area contributed by atoms with E-state index in [0.717, 1.165) is 16.9 Å². The average Bonchev–Trinajstić information content (AvgIpc) is 3.12. The van der Waals surface area contributed by atoms with Crippen LogP contribution in [0.5, 0.6) is 5.75 Å². The molecular formula is C20H18N2O5S2. The minimum atomic E-state index is -3.83. The Morgan fingerprint density at radius 3 is 2.31 bits per heavy atom. The number of ether oxygens (including phenoxy) is 1. The maximum absolute atomic E-state index is 12.5. The lowest BCUT2D eigenvalue weighted by atomic mass is 10.1. The largest absolute Gasteiger partial charge is 0.497 e. The van der Waals surface area contributed by atoms with Crippen LogP contribution in [0.4, 0.5) is 5.13 Å². The Balaban J connectivity index is 1.79. The van der Waals surface area contributed by atoms with Crippen molar-refractivity contribution < 1.29 is 22.7 Å². The Labute approximate surface area is 172 Å². The van der Waals surface area contributed by atoms with E-state index in [2.05, 4.69) is 10.3 Å². The van der Waals surface area contributed by atoms with Crippen LogP contribution in [-0.2, 0) is 14.6 Å². The lowest BCUT2D eigenvalue weighted by Gasteiger charge is -2.05. The van der Waals surface area contributed by atoms with E-state index >= 15 is 0 Å². The lowest BCUT2D eigenvalue weighted by Crippen LogP contribution is -2.22. The van der Waals surface area contributed by atoms with Crippen LogP contribution >= 0.6 is 11.3 Å². The summed E-state index contributed by atoms with van der Waals surface area (Å²) < 4.78 is 29.9. The number of carbonyl (C=O) groups excluding carboxylic acids is 2. The van der Waals surface area contributed by atoms with E-state index in [4.69, 9.17) is 4.74 Å². The molecule has 3 rings (SSSR count). The van der Waals surface area contributed by atoms with Gasteiger partial charge < -0.3 is 10.1 Å². The molecule has 1 amide bonds. The van der Waals surface area contributed by atoms with Gasteiger partial charge in [-0.25, -0.2) is 13.4 Å². The summed E-state index contributed by atoms with van der Waals surface area (Å²) in [6, 6.07) is 14.9. The molecule has 3 aromatic rings. The molecule has 0 aliphatic carbocycles. The summed E-state index contributed by atoms with van der Waals surface area (Å²) in [7, 11) is -2.36. The molecule has 0 saturated carbocycles. The van der Waals surface area contributed by atoms with Gasteiger partial charge in [0.1, 0.15) is 11.5 Å². The number of hydrogen-bond donors (Lipinski definition) is 1. The summed E-state index contributed by atoms with van der Waals surface area (Å²) in [6.45, 7) is 1.42. The SMILES string of the molecule is COc1ccc(S(=O)(=O)CC(=O)Nc2nc(-c3ccccc3)c(C(C)=O)s2)cc1. The predicted molar refractivity (Wildman–Crippen MR) is 111 cm³/mol. The van der Waals surface area contributed by atoms with Crippen LogP contribution in [0.3, 0.4) is 0 Å². The molecule has 0 unspecified atom stereocenters. The van der Waals surface area contributed by atoms with E-state index in [1.54, 1.807) is 12.1 Å². The van der Waals surface area contributed by atoms with Gasteiger partial charge in [0, 0.05) is 12.5 Å². The van der Waals surface area contributed by atoms with Crippen molar-refractivity contribution in [2.24, 2.45) is 0 Å². The van der Waals surface area contributed by atoms with Crippen molar-refractivity contribution in [1.82, 2.24) is 4.98 Å². The lowest BCUT2D eigenvalue weighted by molar-refractivity contribution is -0.113. The highest BCUT2D eigenvalue weighted by Crippen LogP contribution is 2.31. The van der Waals surface area contributed by atoms with Gasteiger partial charge in [-0.05, 0) is 24.3 Å². The van der Waals surface area contributed by atoms with Crippen LogP contribution in [0, 0.1) is 0 Å². The Hall–Kier alpha value is -3.04. The standard InChI is InChI=1S/C20H18N2O5S2/c1-13(23)19-18(14-6-4-3-5-7-14)22-20(28-19)21-17(24)12-29(25,26)16-10-8-15(27-2)9-11-16/h3-11H,12H2,1-2H3,(H,21,22,24). The first-order valence-corrected chi connectivity index (χ1v) is 11.0. The third kappa shape index (κ3) is 4.87. The van der Waals surface area contributed by atoms with E-state index in [9.17, 15) is 18.0 Å². The van der Waals surface area contributed by atoms with Crippen molar-refractivity contribution in [2.45, 2.75) is 11.8 Å². The van der Waals surface area contributed by atoms with Gasteiger partial charge >= 0.3 is 0 Å². The summed E-state index contributed by atoms with van der Waals surface area (Å²) in [5.41, 5.74) is 1.19. The number of benzene rings is 2. The maximum atomic E-state index is 12.5. The second kappa shape index (κ2) is 8.54. The molecule has 0 radical (unpaired) electrons. The topological polar surface area (TPSA) is 102 Å². The summed E-state index contributed by atoms with van der Waals surface area (Å²) in [4.78, 5) is 29.0. The zero-order chi connectivity index (χ0) is 21.0. The van der Waals surface area contributed by atoms with Gasteiger partial charge in [-0.1, -0.05) is 41.7 Å². The van der Waals surface area contributed by atoms with Crippen molar-refractivity contribution in [3.63, 3.8) is 0 Å². The summed E-state index contributed by atoms with van der Waals surface area (Å²) in [5.74, 6) is -1.15. The molecule has 0 spiro atoms. The molecule has 0 aliphatic rings. The number of rotatable bonds is 7. The number of Topliss-reactive ketones (excluding diaryl/α,β-unsaturated/α-hetero) is 1. The number of sulfone groups is 1. The van der Waals surface area contributed by atoms with E-state index in [0.29, 0.717) is 16.3 Å². The van der Waals surface area contributed by atoms with Crippen molar-refractivity contribution in [2.75, 3.05) is 18.2 Å². The zero-order valence-electron chi connectivity index (χ0n) is 15.7. The molecule has 7 nitrogen and oxygen atoms in total. The first kappa shape index (κ1) is 20.7. The van der Waals surface area contributed by atoms with E-state index in [-0.39, 0.29) is 15.8 Å². The Morgan fingerprint density at radius 2 is 1.72 bits per heavy atom. The maximum Gasteiger partial charge on any atom is 0.241 e. The number of thiazole rings is 1. The molecule has 1 heterocycles. The molecule has 29 heavy (non-hydrogen) atoms. The smallest absolute Gasteiger partial charge is 0.241 e. The molecule has 0 aliphatic heterocycles.